The summed E-state index contributed by atoms with van der Waals surface area (Å²) in [5.74, 6) is 0.527. The molecule has 0 aromatic heterocycles. The van der Waals surface area contributed by atoms with E-state index < -0.39 is 0 Å². The van der Waals surface area contributed by atoms with Gasteiger partial charge in [-0.15, -0.1) is 0 Å². The first-order chi connectivity index (χ1) is 12.7. The minimum Gasteiger partial charge on any atom is -0.0990 e. The molecule has 0 radical (unpaired) electrons. The van der Waals surface area contributed by atoms with Crippen LogP contribution in [0.4, 0.5) is 0 Å². The molecule has 0 spiro atoms. The van der Waals surface area contributed by atoms with Gasteiger partial charge in [0.1, 0.15) is 0 Å². The molecule has 0 fully saturated rings. The molecule has 0 N–H and O–H groups in total. The van der Waals surface area contributed by atoms with Crippen LogP contribution in [0.3, 0.4) is 0 Å². The normalized spacial score (nSPS) is 17.5. The van der Waals surface area contributed by atoms with Crippen molar-refractivity contribution >= 4 is 29.0 Å². The zero-order chi connectivity index (χ0) is 18.1. The maximum atomic E-state index is 3.88. The van der Waals surface area contributed by atoms with E-state index in [2.05, 4.69) is 93.3 Å². The average molecular weight is 336 g/mol. The molecule has 0 saturated carbocycles. The highest BCUT2D eigenvalue weighted by atomic mass is 14.2. The van der Waals surface area contributed by atoms with E-state index in [0.717, 1.165) is 6.42 Å². The number of rotatable bonds is 2. The van der Waals surface area contributed by atoms with Crippen LogP contribution in [0.1, 0.15) is 37.3 Å². The minimum absolute atomic E-state index is 0.527. The Morgan fingerprint density at radius 3 is 2.69 bits per heavy atom. The van der Waals surface area contributed by atoms with E-state index in [4.69, 9.17) is 0 Å². The van der Waals surface area contributed by atoms with Gasteiger partial charge in [-0.25, -0.2) is 0 Å². The summed E-state index contributed by atoms with van der Waals surface area (Å²) in [6.45, 7) is 8.30. The number of fused-ring (bicyclic) bond motifs is 3. The Hall–Kier alpha value is -2.86. The molecule has 0 nitrogen and oxygen atoms in total. The van der Waals surface area contributed by atoms with Crippen LogP contribution >= 0.6 is 0 Å². The Bertz CT molecular complexity index is 1140. The van der Waals surface area contributed by atoms with Gasteiger partial charge in [-0.05, 0) is 74.9 Å². The third kappa shape index (κ3) is 2.72. The van der Waals surface area contributed by atoms with Gasteiger partial charge in [-0.1, -0.05) is 80.3 Å². The molecule has 1 aliphatic carbocycles. The van der Waals surface area contributed by atoms with Crippen molar-refractivity contribution in [3.63, 3.8) is 0 Å². The molecule has 3 aromatic rings. The molecule has 4 rings (SSSR count). The first-order valence-electron chi connectivity index (χ1n) is 9.34. The van der Waals surface area contributed by atoms with Gasteiger partial charge in [0.05, 0.1) is 0 Å². The molecule has 0 saturated heterocycles. The Balaban J connectivity index is 2.09. The Morgan fingerprint density at radius 2 is 1.88 bits per heavy atom. The molecule has 0 aliphatic heterocycles. The van der Waals surface area contributed by atoms with E-state index in [0.29, 0.717) is 5.92 Å². The molecule has 3 aromatic carbocycles. The summed E-state index contributed by atoms with van der Waals surface area (Å²) >= 11 is 0. The van der Waals surface area contributed by atoms with Gasteiger partial charge >= 0.3 is 0 Å². The fraction of sp³-hybridized carbons (Fsp3) is 0.154. The summed E-state index contributed by atoms with van der Waals surface area (Å²) in [6.07, 6.45) is 11.8. The summed E-state index contributed by atoms with van der Waals surface area (Å²) in [4.78, 5) is 0. The van der Waals surface area contributed by atoms with Crippen LogP contribution in [0.15, 0.2) is 67.3 Å². The van der Waals surface area contributed by atoms with E-state index in [1.807, 2.05) is 6.08 Å². The second kappa shape index (κ2) is 6.80. The van der Waals surface area contributed by atoms with Crippen LogP contribution in [0.25, 0.3) is 40.1 Å². The molecule has 1 aliphatic rings. The number of hydrogen-bond donors (Lipinski definition) is 0. The molecule has 0 amide bonds. The lowest BCUT2D eigenvalue weighted by Gasteiger charge is -2.24. The lowest BCUT2D eigenvalue weighted by atomic mass is 9.80. The SMILES string of the molecule is C=C/C=c1/cc(-c2cc3ccccc3c3c2C(C)CC=C3)cc/c1=C/C. The second-order valence-corrected chi connectivity index (χ2v) is 7.05. The highest BCUT2D eigenvalue weighted by Gasteiger charge is 2.20. The topological polar surface area (TPSA) is 0 Å². The molecule has 0 bridgehead atoms. The van der Waals surface area contributed by atoms with E-state index in [1.165, 1.54) is 43.5 Å². The zero-order valence-corrected chi connectivity index (χ0v) is 15.5. The fourth-order valence-electron chi connectivity index (χ4n) is 4.13. The van der Waals surface area contributed by atoms with Gasteiger partial charge in [0.2, 0.25) is 0 Å². The van der Waals surface area contributed by atoms with Crippen molar-refractivity contribution in [2.24, 2.45) is 0 Å². The van der Waals surface area contributed by atoms with Crippen molar-refractivity contribution in [2.75, 3.05) is 0 Å². The number of benzene rings is 3. The number of allylic oxidation sites excluding steroid dienone is 2. The summed E-state index contributed by atoms with van der Waals surface area (Å²) in [5, 5.41) is 5.13. The first kappa shape index (κ1) is 16.6. The third-order valence-electron chi connectivity index (χ3n) is 5.40. The van der Waals surface area contributed by atoms with Crippen LogP contribution in [0.2, 0.25) is 0 Å². The lowest BCUT2D eigenvalue weighted by molar-refractivity contribution is 0.775. The van der Waals surface area contributed by atoms with Crippen LogP contribution in [0, 0.1) is 0 Å². The maximum absolute atomic E-state index is 3.88. The summed E-state index contributed by atoms with van der Waals surface area (Å²) in [5.41, 5.74) is 5.51. The monoisotopic (exact) mass is 336 g/mol. The van der Waals surface area contributed by atoms with Crippen LogP contribution in [-0.2, 0) is 0 Å². The fourth-order valence-corrected chi connectivity index (χ4v) is 4.13. The highest BCUT2D eigenvalue weighted by molar-refractivity contribution is 5.97. The molecule has 1 atom stereocenters. The standard InChI is InChI=1S/C26H24/c1-4-9-20-16-22(15-14-19(20)5-2)25-17-21-11-6-7-12-23(21)24-13-8-10-18(3)26(24)25/h4-9,11-18H,1,10H2,2-3H3/b19-5-,20-9-. The van der Waals surface area contributed by atoms with Crippen molar-refractivity contribution in [2.45, 2.75) is 26.2 Å². The van der Waals surface area contributed by atoms with Gasteiger partial charge in [0.25, 0.3) is 0 Å². The Labute approximate surface area is 155 Å². The minimum atomic E-state index is 0.527. The summed E-state index contributed by atoms with van der Waals surface area (Å²) in [7, 11) is 0. The largest absolute Gasteiger partial charge is 0.0990 e. The zero-order valence-electron chi connectivity index (χ0n) is 15.5. The maximum Gasteiger partial charge on any atom is -0.0108 e. The molecule has 128 valence electrons. The van der Waals surface area contributed by atoms with Crippen LogP contribution in [0.5, 0.6) is 0 Å². The predicted molar refractivity (Wildman–Crippen MR) is 116 cm³/mol. The van der Waals surface area contributed by atoms with Crippen LogP contribution < -0.4 is 10.4 Å². The van der Waals surface area contributed by atoms with E-state index in [1.54, 1.807) is 0 Å². The predicted octanol–water partition coefficient (Wildman–Crippen LogP) is 5.79. The lowest BCUT2D eigenvalue weighted by Crippen LogP contribution is -2.23. The molecular formula is C26H24. The Morgan fingerprint density at radius 1 is 1.04 bits per heavy atom. The van der Waals surface area contributed by atoms with E-state index >= 15 is 0 Å². The highest BCUT2D eigenvalue weighted by Crippen LogP contribution is 2.41. The smallest absolute Gasteiger partial charge is 0.0108 e. The molecule has 1 unspecified atom stereocenters. The van der Waals surface area contributed by atoms with Crippen molar-refractivity contribution in [3.8, 4) is 11.1 Å². The van der Waals surface area contributed by atoms with Crippen molar-refractivity contribution in [1.82, 2.24) is 0 Å². The third-order valence-corrected chi connectivity index (χ3v) is 5.40. The molecule has 26 heavy (non-hydrogen) atoms. The van der Waals surface area contributed by atoms with Gasteiger partial charge in [0, 0.05) is 0 Å². The van der Waals surface area contributed by atoms with Crippen LogP contribution in [-0.4, -0.2) is 0 Å². The Kier molecular flexibility index (Phi) is 4.34. The number of hydrogen-bond acceptors (Lipinski definition) is 0. The van der Waals surface area contributed by atoms with Crippen molar-refractivity contribution in [1.29, 1.82) is 0 Å². The van der Waals surface area contributed by atoms with Crippen molar-refractivity contribution < 1.29 is 0 Å². The summed E-state index contributed by atoms with van der Waals surface area (Å²) < 4.78 is 0. The van der Waals surface area contributed by atoms with Gasteiger partial charge in [-0.2, -0.15) is 0 Å². The molecule has 0 heterocycles. The summed E-state index contributed by atoms with van der Waals surface area (Å²) in [6, 6.07) is 17.9. The van der Waals surface area contributed by atoms with E-state index in [9.17, 15) is 0 Å². The first-order valence-corrected chi connectivity index (χ1v) is 9.34. The van der Waals surface area contributed by atoms with Gasteiger partial charge in [0.15, 0.2) is 0 Å². The van der Waals surface area contributed by atoms with Crippen molar-refractivity contribution in [3.05, 3.63) is 88.8 Å². The quantitative estimate of drug-likeness (QED) is 0.555. The second-order valence-electron chi connectivity index (χ2n) is 7.05. The van der Waals surface area contributed by atoms with Gasteiger partial charge in [-0.3, -0.25) is 0 Å². The molecule has 0 heteroatoms. The molecular weight excluding hydrogens is 312 g/mol. The van der Waals surface area contributed by atoms with Gasteiger partial charge < -0.3 is 0 Å². The van der Waals surface area contributed by atoms with E-state index in [-0.39, 0.29) is 0 Å². The average Bonchev–Trinajstić information content (AvgIpc) is 2.68.